The quantitative estimate of drug-likeness (QED) is 0.0174. The van der Waals surface area contributed by atoms with Crippen molar-refractivity contribution in [1.29, 1.82) is 0 Å². The number of carbonyl (C=O) groups is 8. The fourth-order valence-corrected chi connectivity index (χ4v) is 6.27. The van der Waals surface area contributed by atoms with Gasteiger partial charge >= 0.3 is 0 Å². The van der Waals surface area contributed by atoms with Crippen LogP contribution in [0.25, 0.3) is 0 Å². The van der Waals surface area contributed by atoms with Crippen molar-refractivity contribution in [2.75, 3.05) is 78.5 Å². The Morgan fingerprint density at radius 1 is 0.515 bits per heavy atom. The van der Waals surface area contributed by atoms with E-state index in [1.54, 1.807) is 0 Å². The Morgan fingerprint density at radius 2 is 0.894 bits per heavy atom. The van der Waals surface area contributed by atoms with Crippen LogP contribution in [0.2, 0.25) is 0 Å². The summed E-state index contributed by atoms with van der Waals surface area (Å²) in [5.74, 6) is -3.72. The van der Waals surface area contributed by atoms with Gasteiger partial charge in [0.25, 0.3) is 0 Å². The Balaban J connectivity index is 2.95. The Labute approximate surface area is 385 Å². The molecule has 0 aliphatic heterocycles. The van der Waals surface area contributed by atoms with Gasteiger partial charge in [-0.15, -0.1) is 0 Å². The Bertz CT molecular complexity index is 1760. The molecule has 25 heteroatoms. The lowest BCUT2D eigenvalue weighted by molar-refractivity contribution is -0.135. The lowest BCUT2D eigenvalue weighted by atomic mass is 10.1. The summed E-state index contributed by atoms with van der Waals surface area (Å²) >= 11 is 0. The molecule has 25 nitrogen and oxygen atoms in total. The van der Waals surface area contributed by atoms with Crippen LogP contribution in [0.4, 0.5) is 0 Å². The van der Waals surface area contributed by atoms with E-state index in [-0.39, 0.29) is 147 Å². The van der Waals surface area contributed by atoms with Gasteiger partial charge in [-0.3, -0.25) is 48.3 Å². The summed E-state index contributed by atoms with van der Waals surface area (Å²) < 4.78 is 0. The highest BCUT2D eigenvalue weighted by atomic mass is 16.2. The van der Waals surface area contributed by atoms with Gasteiger partial charge in [0, 0.05) is 111 Å². The Morgan fingerprint density at radius 3 is 1.27 bits per heavy atom. The molecule has 0 bridgehead atoms. The summed E-state index contributed by atoms with van der Waals surface area (Å²) in [4.78, 5) is 113. The molecule has 0 radical (unpaired) electrons. The number of carbonyl (C=O) groups excluding carboxylic acids is 8. The van der Waals surface area contributed by atoms with Crippen molar-refractivity contribution >= 4 is 59.2 Å². The fourth-order valence-electron chi connectivity index (χ4n) is 6.27. The molecule has 1 rings (SSSR count). The number of primary amides is 1. The number of hydrogen-bond donors (Lipinski definition) is 12. The van der Waals surface area contributed by atoms with Crippen LogP contribution in [0.3, 0.4) is 0 Å². The van der Waals surface area contributed by atoms with Gasteiger partial charge in [-0.05, 0) is 37.7 Å². The largest absolute Gasteiger partial charge is 0.370 e. The third-order valence-corrected chi connectivity index (χ3v) is 9.80. The lowest BCUT2D eigenvalue weighted by Gasteiger charge is -2.27. The molecular weight excluding hydrogens is 859 g/mol. The van der Waals surface area contributed by atoms with E-state index in [4.69, 9.17) is 45.9 Å². The molecule has 0 unspecified atom stereocenters. The second kappa shape index (κ2) is 33.0. The van der Waals surface area contributed by atoms with E-state index < -0.39 is 53.6 Å². The van der Waals surface area contributed by atoms with Crippen LogP contribution in [0.1, 0.15) is 63.9 Å². The summed E-state index contributed by atoms with van der Waals surface area (Å²) in [6.45, 7) is 1.99. The molecule has 0 aliphatic carbocycles. The zero-order chi connectivity index (χ0) is 49.4. The lowest BCUT2D eigenvalue weighted by Crippen LogP contribution is -2.49. The molecule has 0 saturated carbocycles. The van der Waals surface area contributed by atoms with Crippen molar-refractivity contribution < 1.29 is 38.4 Å². The molecular formula is C41H73N17O8. The number of amides is 8. The van der Waals surface area contributed by atoms with Gasteiger partial charge in [-0.25, -0.2) is 0 Å². The predicted molar refractivity (Wildman–Crippen MR) is 249 cm³/mol. The van der Waals surface area contributed by atoms with Crippen molar-refractivity contribution in [3.63, 3.8) is 0 Å². The maximum atomic E-state index is 13.5. The minimum Gasteiger partial charge on any atom is -0.370 e. The van der Waals surface area contributed by atoms with Gasteiger partial charge in [0.2, 0.25) is 47.3 Å². The average Bonchev–Trinajstić information content (AvgIpc) is 3.26. The molecule has 1 aromatic carbocycles. The topological polar surface area (TPSA) is 427 Å². The van der Waals surface area contributed by atoms with E-state index in [1.807, 2.05) is 30.3 Å². The molecule has 1 aromatic rings. The number of benzene rings is 1. The second-order valence-electron chi connectivity index (χ2n) is 15.4. The minimum atomic E-state index is -0.975. The molecule has 370 valence electrons. The molecule has 0 aliphatic rings. The van der Waals surface area contributed by atoms with Gasteiger partial charge in [0.15, 0.2) is 11.9 Å². The van der Waals surface area contributed by atoms with Crippen molar-refractivity contribution in [1.82, 2.24) is 36.0 Å². The fraction of sp³-hybridized carbons (Fsp3) is 0.610. The first-order valence-electron chi connectivity index (χ1n) is 21.9. The van der Waals surface area contributed by atoms with Gasteiger partial charge in [-0.1, -0.05) is 30.3 Å². The van der Waals surface area contributed by atoms with Crippen LogP contribution in [0, 0.1) is 0 Å². The Kier molecular flexibility index (Phi) is 28.7. The zero-order valence-electron chi connectivity index (χ0n) is 38.1. The smallest absolute Gasteiger partial charge is 0.239 e. The summed E-state index contributed by atoms with van der Waals surface area (Å²) in [5, 5.41) is 10.7. The molecule has 0 saturated heterocycles. The maximum Gasteiger partial charge on any atom is 0.239 e. The first-order chi connectivity index (χ1) is 31.3. The van der Waals surface area contributed by atoms with Crippen molar-refractivity contribution in [2.24, 2.45) is 55.9 Å². The number of nitrogens with one attached hydrogen (secondary N) is 4. The third kappa shape index (κ3) is 26.9. The van der Waals surface area contributed by atoms with Crippen LogP contribution >= 0.6 is 0 Å². The van der Waals surface area contributed by atoms with Crippen molar-refractivity contribution in [3.05, 3.63) is 35.9 Å². The number of guanidine groups is 2. The molecule has 0 heterocycles. The van der Waals surface area contributed by atoms with Crippen LogP contribution in [-0.4, -0.2) is 171 Å². The van der Waals surface area contributed by atoms with Gasteiger partial charge in [0.1, 0.15) is 0 Å². The minimum absolute atomic E-state index is 0.00862. The number of rotatable bonds is 34. The summed E-state index contributed by atoms with van der Waals surface area (Å²) in [6, 6.07) is 6.43. The number of hydrogen-bond acceptors (Lipinski definition) is 13. The molecule has 3 atom stereocenters. The molecule has 0 fully saturated rings. The van der Waals surface area contributed by atoms with E-state index >= 15 is 0 Å². The van der Waals surface area contributed by atoms with Crippen molar-refractivity contribution in [2.45, 2.75) is 82.8 Å². The second-order valence-corrected chi connectivity index (χ2v) is 15.4. The van der Waals surface area contributed by atoms with E-state index in [2.05, 4.69) is 31.3 Å². The zero-order valence-corrected chi connectivity index (χ0v) is 38.1. The SMILES string of the molecule is CC(=O)NCCN(CCC(=O)NCCN(CCC(=O)NCCN(CCC(=O)NCCC(N)=O)C(=O)[C@@H](N)CCCN=C(N)N)C(=O)[C@@H](N)CCCN=C(N)N)C(=O)[C@@H](N)Cc1ccccc1. The average molecular weight is 932 g/mol. The molecule has 0 aromatic heterocycles. The highest BCUT2D eigenvalue weighted by Crippen LogP contribution is 2.07. The molecule has 66 heavy (non-hydrogen) atoms. The number of nitrogens with two attached hydrogens (primary N) is 8. The molecule has 20 N–H and O–H groups in total. The van der Waals surface area contributed by atoms with E-state index in [0.717, 1.165) is 5.56 Å². The molecule has 0 spiro atoms. The van der Waals surface area contributed by atoms with E-state index in [9.17, 15) is 38.4 Å². The highest BCUT2D eigenvalue weighted by molar-refractivity contribution is 5.85. The standard InChI is InChI=1S/C41H73N17O8/c1-28(59)50-18-24-58(39(66)32(44)27-29-7-3-2-4-8-29)23-14-36(63)53-20-26-57(38(65)31(43)10-6-16-55-41(48)49)22-13-35(62)52-19-25-56(21-12-34(61)51-17-11-33(45)60)37(64)30(42)9-5-15-54-40(46)47/h2-4,7-8,30-32H,5-6,9-27,42-44H2,1H3,(H2,45,60)(H,50,59)(H,51,61)(H,52,62)(H,53,63)(H4,46,47,54)(H4,48,49,55)/t30-,31-,32-/m0/s1. The molecule has 8 amide bonds. The van der Waals surface area contributed by atoms with E-state index in [1.165, 1.54) is 21.6 Å². The van der Waals surface area contributed by atoms with Crippen molar-refractivity contribution in [3.8, 4) is 0 Å². The number of aliphatic imine (C=N–C) groups is 2. The number of nitrogens with zero attached hydrogens (tertiary/aromatic N) is 5. The summed E-state index contributed by atoms with van der Waals surface area (Å²) in [5.41, 5.74) is 46.2. The van der Waals surface area contributed by atoms with Crippen LogP contribution in [0.5, 0.6) is 0 Å². The summed E-state index contributed by atoms with van der Waals surface area (Å²) in [7, 11) is 0. The van der Waals surface area contributed by atoms with Crippen LogP contribution in [-0.2, 0) is 44.8 Å². The first kappa shape index (κ1) is 57.4. The summed E-state index contributed by atoms with van der Waals surface area (Å²) in [6.07, 6.45) is 1.11. The van der Waals surface area contributed by atoms with Gasteiger partial charge in [0.05, 0.1) is 18.1 Å². The first-order valence-corrected chi connectivity index (χ1v) is 21.9. The van der Waals surface area contributed by atoms with Crippen LogP contribution in [0.15, 0.2) is 40.3 Å². The predicted octanol–water partition coefficient (Wildman–Crippen LogP) is -5.67. The Hall–Kier alpha value is -6.60. The third-order valence-electron chi connectivity index (χ3n) is 9.80. The maximum absolute atomic E-state index is 13.5. The van der Waals surface area contributed by atoms with Crippen LogP contribution < -0.4 is 67.1 Å². The normalized spacial score (nSPS) is 12.0. The van der Waals surface area contributed by atoms with E-state index in [0.29, 0.717) is 12.8 Å². The van der Waals surface area contributed by atoms with Gasteiger partial charge in [-0.2, -0.15) is 0 Å². The monoisotopic (exact) mass is 932 g/mol. The van der Waals surface area contributed by atoms with Gasteiger partial charge < -0.3 is 81.8 Å². The highest BCUT2D eigenvalue weighted by Gasteiger charge is 2.25.